The number of carbonyl (C=O) groups excluding carboxylic acids is 1. The maximum Gasteiger partial charge on any atom is 0.326 e. The van der Waals surface area contributed by atoms with Gasteiger partial charge in [0.15, 0.2) is 0 Å². The molecule has 1 atom stereocenters. The molecule has 0 aliphatic heterocycles. The fraction of sp³-hybridized carbons (Fsp3) is 0.800. The van der Waals surface area contributed by atoms with Gasteiger partial charge in [0.25, 0.3) is 0 Å². The van der Waals surface area contributed by atoms with Crippen LogP contribution in [0.1, 0.15) is 32.1 Å². The minimum atomic E-state index is -0.957. The molecule has 0 bridgehead atoms. The molecule has 1 aliphatic rings. The van der Waals surface area contributed by atoms with Gasteiger partial charge in [-0.3, -0.25) is 4.79 Å². The van der Waals surface area contributed by atoms with Gasteiger partial charge in [0.05, 0.1) is 0 Å². The zero-order valence-corrected chi connectivity index (χ0v) is 8.74. The highest BCUT2D eigenvalue weighted by atomic mass is 16.4. The molecule has 1 saturated carbocycles. The smallest absolute Gasteiger partial charge is 0.326 e. The molecule has 0 radical (unpaired) electrons. The maximum atomic E-state index is 11.4. The number of rotatable bonds is 7. The second kappa shape index (κ2) is 5.70. The lowest BCUT2D eigenvalue weighted by atomic mass is 10.1. The highest BCUT2D eigenvalue weighted by Gasteiger charge is 2.32. The fourth-order valence-corrected chi connectivity index (χ4v) is 1.39. The van der Waals surface area contributed by atoms with Crippen LogP contribution < -0.4 is 11.1 Å². The molecule has 4 N–H and O–H groups in total. The van der Waals surface area contributed by atoms with Gasteiger partial charge < -0.3 is 16.2 Å². The summed E-state index contributed by atoms with van der Waals surface area (Å²) in [4.78, 5) is 22.2. The van der Waals surface area contributed by atoms with Gasteiger partial charge in [-0.15, -0.1) is 0 Å². The second-order valence-corrected chi connectivity index (χ2v) is 3.96. The average molecular weight is 214 g/mol. The lowest BCUT2D eigenvalue weighted by molar-refractivity contribution is -0.142. The van der Waals surface area contributed by atoms with Gasteiger partial charge >= 0.3 is 5.97 Å². The van der Waals surface area contributed by atoms with E-state index in [-0.39, 0.29) is 11.8 Å². The Morgan fingerprint density at radius 2 is 2.07 bits per heavy atom. The lowest BCUT2D eigenvalue weighted by Crippen LogP contribution is -2.41. The number of carbonyl (C=O) groups is 2. The highest BCUT2D eigenvalue weighted by Crippen LogP contribution is 2.29. The molecule has 1 aliphatic carbocycles. The van der Waals surface area contributed by atoms with Crippen LogP contribution in [0, 0.1) is 5.92 Å². The number of unbranched alkanes of at least 4 members (excludes halogenated alkanes) is 1. The van der Waals surface area contributed by atoms with E-state index in [2.05, 4.69) is 5.32 Å². The normalized spacial score (nSPS) is 17.1. The van der Waals surface area contributed by atoms with Crippen LogP contribution in [-0.4, -0.2) is 29.6 Å². The standard InChI is InChI=1S/C10H18N2O3/c11-6-2-1-3-8(10(14)15)12-9(13)7-4-5-7/h7-8H,1-6,11H2,(H,12,13)(H,14,15)/t8-/m0/s1. The largest absolute Gasteiger partial charge is 0.480 e. The van der Waals surface area contributed by atoms with Gasteiger partial charge in [-0.1, -0.05) is 0 Å². The zero-order valence-electron chi connectivity index (χ0n) is 8.74. The molecule has 0 aromatic heterocycles. The van der Waals surface area contributed by atoms with Crippen LogP contribution in [0.15, 0.2) is 0 Å². The first-order valence-electron chi connectivity index (χ1n) is 5.38. The summed E-state index contributed by atoms with van der Waals surface area (Å²) in [5.74, 6) is -1.02. The Kier molecular flexibility index (Phi) is 4.55. The van der Waals surface area contributed by atoms with Crippen LogP contribution in [0.4, 0.5) is 0 Å². The van der Waals surface area contributed by atoms with Gasteiger partial charge in [-0.25, -0.2) is 4.79 Å². The van der Waals surface area contributed by atoms with Crippen molar-refractivity contribution in [3.05, 3.63) is 0 Å². The third-order valence-corrected chi connectivity index (χ3v) is 2.51. The van der Waals surface area contributed by atoms with Crippen molar-refractivity contribution in [2.24, 2.45) is 11.7 Å². The molecule has 1 rings (SSSR count). The lowest BCUT2D eigenvalue weighted by Gasteiger charge is -2.13. The van der Waals surface area contributed by atoms with Crippen molar-refractivity contribution in [1.82, 2.24) is 5.32 Å². The molecule has 15 heavy (non-hydrogen) atoms. The van der Waals surface area contributed by atoms with Gasteiger partial charge in [0, 0.05) is 5.92 Å². The number of carboxylic acids is 1. The van der Waals surface area contributed by atoms with Crippen molar-refractivity contribution in [2.75, 3.05) is 6.54 Å². The average Bonchev–Trinajstić information content (AvgIpc) is 2.99. The summed E-state index contributed by atoms with van der Waals surface area (Å²) in [6.45, 7) is 0.558. The Morgan fingerprint density at radius 1 is 1.40 bits per heavy atom. The van der Waals surface area contributed by atoms with Crippen molar-refractivity contribution in [3.63, 3.8) is 0 Å². The Balaban J connectivity index is 2.28. The monoisotopic (exact) mass is 214 g/mol. The van der Waals surface area contributed by atoms with E-state index in [4.69, 9.17) is 10.8 Å². The van der Waals surface area contributed by atoms with E-state index in [0.29, 0.717) is 13.0 Å². The highest BCUT2D eigenvalue weighted by molar-refractivity contribution is 5.86. The Bertz CT molecular complexity index is 239. The van der Waals surface area contributed by atoms with Crippen molar-refractivity contribution in [2.45, 2.75) is 38.1 Å². The van der Waals surface area contributed by atoms with Crippen LogP contribution in [0.25, 0.3) is 0 Å². The SMILES string of the molecule is NCCCC[C@H](NC(=O)C1CC1)C(=O)O. The van der Waals surface area contributed by atoms with E-state index in [0.717, 1.165) is 25.7 Å². The summed E-state index contributed by atoms with van der Waals surface area (Å²) < 4.78 is 0. The van der Waals surface area contributed by atoms with E-state index < -0.39 is 12.0 Å². The van der Waals surface area contributed by atoms with Gasteiger partial charge in [-0.2, -0.15) is 0 Å². The van der Waals surface area contributed by atoms with Gasteiger partial charge in [-0.05, 0) is 38.6 Å². The van der Waals surface area contributed by atoms with Crippen LogP contribution in [0.5, 0.6) is 0 Å². The van der Waals surface area contributed by atoms with Gasteiger partial charge in [0.2, 0.25) is 5.91 Å². The van der Waals surface area contributed by atoms with Crippen LogP contribution in [0.2, 0.25) is 0 Å². The molecule has 1 fully saturated rings. The molecule has 1 amide bonds. The molecule has 0 unspecified atom stereocenters. The summed E-state index contributed by atoms with van der Waals surface area (Å²) >= 11 is 0. The van der Waals surface area contributed by atoms with Crippen LogP contribution >= 0.6 is 0 Å². The summed E-state index contributed by atoms with van der Waals surface area (Å²) in [5.41, 5.74) is 5.32. The molecule has 0 aromatic carbocycles. The van der Waals surface area contributed by atoms with Crippen LogP contribution in [-0.2, 0) is 9.59 Å². The van der Waals surface area contributed by atoms with E-state index in [1.807, 2.05) is 0 Å². The van der Waals surface area contributed by atoms with Crippen molar-refractivity contribution >= 4 is 11.9 Å². The topological polar surface area (TPSA) is 92.4 Å². The van der Waals surface area contributed by atoms with Gasteiger partial charge in [0.1, 0.15) is 6.04 Å². The summed E-state index contributed by atoms with van der Waals surface area (Å²) in [7, 11) is 0. The summed E-state index contributed by atoms with van der Waals surface area (Å²) in [6, 6.07) is -0.746. The number of aliphatic carboxylic acids is 1. The molecule has 5 nitrogen and oxygen atoms in total. The predicted octanol–water partition coefficient (Wildman–Crippen LogP) is 0.0948. The molecule has 0 saturated heterocycles. The molecular weight excluding hydrogens is 196 g/mol. The molecule has 0 spiro atoms. The van der Waals surface area contributed by atoms with Crippen molar-refractivity contribution in [3.8, 4) is 0 Å². The Hall–Kier alpha value is -1.10. The third-order valence-electron chi connectivity index (χ3n) is 2.51. The minimum absolute atomic E-state index is 0.0568. The Morgan fingerprint density at radius 3 is 2.53 bits per heavy atom. The van der Waals surface area contributed by atoms with E-state index in [1.54, 1.807) is 0 Å². The van der Waals surface area contributed by atoms with Crippen molar-refractivity contribution < 1.29 is 14.7 Å². The number of carboxylic acid groups (broad SMARTS) is 1. The second-order valence-electron chi connectivity index (χ2n) is 3.96. The maximum absolute atomic E-state index is 11.4. The molecule has 0 aromatic rings. The van der Waals surface area contributed by atoms with E-state index >= 15 is 0 Å². The summed E-state index contributed by atoms with van der Waals surface area (Å²) in [5, 5.41) is 11.4. The van der Waals surface area contributed by atoms with E-state index in [1.165, 1.54) is 0 Å². The molecular formula is C10H18N2O3. The first kappa shape index (κ1) is 12.0. The number of hydrogen-bond donors (Lipinski definition) is 3. The minimum Gasteiger partial charge on any atom is -0.480 e. The van der Waals surface area contributed by atoms with Crippen molar-refractivity contribution in [1.29, 1.82) is 0 Å². The quantitative estimate of drug-likeness (QED) is 0.524. The van der Waals surface area contributed by atoms with E-state index in [9.17, 15) is 9.59 Å². The fourth-order valence-electron chi connectivity index (χ4n) is 1.39. The molecule has 86 valence electrons. The molecule has 5 heteroatoms. The predicted molar refractivity (Wildman–Crippen MR) is 55.2 cm³/mol. The third kappa shape index (κ3) is 4.29. The number of nitrogens with two attached hydrogens (primary N) is 1. The number of nitrogens with one attached hydrogen (secondary N) is 1. The first-order valence-corrected chi connectivity index (χ1v) is 5.38. The summed E-state index contributed by atoms with van der Waals surface area (Å²) in [6.07, 6.45) is 3.77. The first-order chi connectivity index (χ1) is 7.15. The number of hydrogen-bond acceptors (Lipinski definition) is 3. The Labute approximate surface area is 89.0 Å². The zero-order chi connectivity index (χ0) is 11.3. The molecule has 0 heterocycles. The number of amides is 1. The van der Waals surface area contributed by atoms with Crippen LogP contribution in [0.3, 0.4) is 0 Å².